The third kappa shape index (κ3) is 1.87. The van der Waals surface area contributed by atoms with Gasteiger partial charge < -0.3 is 5.73 Å². The van der Waals surface area contributed by atoms with Crippen molar-refractivity contribution in [2.24, 2.45) is 5.73 Å². The summed E-state index contributed by atoms with van der Waals surface area (Å²) in [5.74, 6) is -0.401. The van der Waals surface area contributed by atoms with E-state index in [9.17, 15) is 4.79 Å². The number of rotatable bonds is 3. The van der Waals surface area contributed by atoms with E-state index in [0.717, 1.165) is 10.4 Å². The first-order valence-electron chi connectivity index (χ1n) is 3.87. The smallest absolute Gasteiger partial charge is 0.250 e. The molecule has 1 aromatic rings. The van der Waals surface area contributed by atoms with Crippen LogP contribution in [0, 0.1) is 0 Å². The van der Waals surface area contributed by atoms with Crippen LogP contribution < -0.4 is 5.73 Å². The maximum absolute atomic E-state index is 11.0. The minimum absolute atomic E-state index is 0.401. The van der Waals surface area contributed by atoms with Crippen LogP contribution >= 0.6 is 11.3 Å². The zero-order valence-corrected chi connectivity index (χ0v) is 8.23. The number of hydrogen-bond acceptors (Lipinski definition) is 2. The van der Waals surface area contributed by atoms with Crippen molar-refractivity contribution in [2.45, 2.75) is 6.92 Å². The lowest BCUT2D eigenvalue weighted by Gasteiger charge is -1.94. The van der Waals surface area contributed by atoms with Crippen LogP contribution in [0.25, 0.3) is 12.2 Å². The molecule has 0 radical (unpaired) electrons. The number of carbonyl (C=O) groups is 1. The monoisotopic (exact) mass is 193 g/mol. The quantitative estimate of drug-likeness (QED) is 0.787. The number of thiophene rings is 1. The van der Waals surface area contributed by atoms with Gasteiger partial charge in [-0.3, -0.25) is 4.79 Å². The minimum atomic E-state index is -0.401. The molecule has 0 atom stereocenters. The Morgan fingerprint density at radius 3 is 2.85 bits per heavy atom. The van der Waals surface area contributed by atoms with Crippen molar-refractivity contribution in [1.29, 1.82) is 0 Å². The first-order valence-corrected chi connectivity index (χ1v) is 4.75. The highest BCUT2D eigenvalue weighted by Crippen LogP contribution is 2.24. The summed E-state index contributed by atoms with van der Waals surface area (Å²) in [7, 11) is 0. The van der Waals surface area contributed by atoms with Crippen molar-refractivity contribution in [2.75, 3.05) is 0 Å². The van der Waals surface area contributed by atoms with E-state index in [1.807, 2.05) is 19.1 Å². The fourth-order valence-corrected chi connectivity index (χ4v) is 2.09. The largest absolute Gasteiger partial charge is 0.366 e. The Kier molecular flexibility index (Phi) is 3.03. The molecule has 0 spiro atoms. The fraction of sp³-hybridized carbons (Fsp3) is 0.100. The van der Waals surface area contributed by atoms with E-state index in [1.54, 1.807) is 11.5 Å². The average Bonchev–Trinajstić information content (AvgIpc) is 2.48. The van der Waals surface area contributed by atoms with Crippen molar-refractivity contribution in [3.63, 3.8) is 0 Å². The molecule has 0 fully saturated rings. The summed E-state index contributed by atoms with van der Waals surface area (Å²) in [5.41, 5.74) is 6.57. The predicted octanol–water partition coefficient (Wildman–Crippen LogP) is 2.52. The van der Waals surface area contributed by atoms with Crippen LogP contribution in [-0.2, 0) is 0 Å². The molecule has 1 amide bonds. The maximum atomic E-state index is 11.0. The van der Waals surface area contributed by atoms with E-state index in [2.05, 4.69) is 6.58 Å². The predicted molar refractivity (Wildman–Crippen MR) is 57.6 cm³/mol. The average molecular weight is 193 g/mol. The summed E-state index contributed by atoms with van der Waals surface area (Å²) in [6.07, 6.45) is 5.52. The molecule has 0 saturated carbocycles. The summed E-state index contributed by atoms with van der Waals surface area (Å²) in [6.45, 7) is 5.58. The molecular formula is C10H11NOS. The number of carbonyl (C=O) groups excluding carboxylic acids is 1. The molecule has 0 aliphatic rings. The molecular weight excluding hydrogens is 182 g/mol. The maximum Gasteiger partial charge on any atom is 0.250 e. The number of primary amides is 1. The summed E-state index contributed by atoms with van der Waals surface area (Å²) in [6, 6.07) is 0. The van der Waals surface area contributed by atoms with Gasteiger partial charge in [-0.15, -0.1) is 11.3 Å². The second-order valence-corrected chi connectivity index (χ2v) is 3.41. The highest BCUT2D eigenvalue weighted by atomic mass is 32.1. The molecule has 3 heteroatoms. The zero-order valence-electron chi connectivity index (χ0n) is 7.41. The number of amides is 1. The van der Waals surface area contributed by atoms with E-state index in [-0.39, 0.29) is 0 Å². The van der Waals surface area contributed by atoms with Crippen molar-refractivity contribution >= 4 is 29.4 Å². The fourth-order valence-electron chi connectivity index (χ4n) is 1.06. The van der Waals surface area contributed by atoms with Crippen LogP contribution in [0.4, 0.5) is 0 Å². The molecule has 0 aromatic carbocycles. The number of allylic oxidation sites excluding steroid dienone is 1. The summed E-state index contributed by atoms with van der Waals surface area (Å²) < 4.78 is 0. The Labute approximate surface area is 81.4 Å². The summed E-state index contributed by atoms with van der Waals surface area (Å²) in [5, 5.41) is 1.76. The molecule has 13 heavy (non-hydrogen) atoms. The standard InChI is InChI=1S/C10H11NOS/c1-3-5-9-7(4-2)8(6-13-9)10(11)12/h3-6H,2H2,1H3,(H2,11,12)/b5-3-. The van der Waals surface area contributed by atoms with Crippen LogP contribution in [0.5, 0.6) is 0 Å². The molecule has 2 N–H and O–H groups in total. The van der Waals surface area contributed by atoms with Crippen LogP contribution in [-0.4, -0.2) is 5.91 Å². The first kappa shape index (κ1) is 9.74. The van der Waals surface area contributed by atoms with Gasteiger partial charge >= 0.3 is 0 Å². The highest BCUT2D eigenvalue weighted by Gasteiger charge is 2.10. The second-order valence-electron chi connectivity index (χ2n) is 2.50. The van der Waals surface area contributed by atoms with Gasteiger partial charge in [0.05, 0.1) is 5.56 Å². The van der Waals surface area contributed by atoms with E-state index in [0.29, 0.717) is 5.56 Å². The van der Waals surface area contributed by atoms with Crippen LogP contribution in [0.2, 0.25) is 0 Å². The number of nitrogens with two attached hydrogens (primary N) is 1. The van der Waals surface area contributed by atoms with Gasteiger partial charge in [0, 0.05) is 15.8 Å². The number of hydrogen-bond donors (Lipinski definition) is 1. The van der Waals surface area contributed by atoms with Gasteiger partial charge in [0.2, 0.25) is 5.91 Å². The third-order valence-corrected chi connectivity index (χ3v) is 2.61. The third-order valence-electron chi connectivity index (χ3n) is 1.65. The van der Waals surface area contributed by atoms with Gasteiger partial charge in [0.25, 0.3) is 0 Å². The first-order chi connectivity index (χ1) is 6.20. The molecule has 2 nitrogen and oxygen atoms in total. The Bertz CT molecular complexity index is 363. The molecule has 1 rings (SSSR count). The van der Waals surface area contributed by atoms with E-state index >= 15 is 0 Å². The Balaban J connectivity index is 3.25. The molecule has 1 aromatic heterocycles. The summed E-state index contributed by atoms with van der Waals surface area (Å²) in [4.78, 5) is 12.0. The van der Waals surface area contributed by atoms with Gasteiger partial charge in [-0.05, 0) is 13.0 Å². The Morgan fingerprint density at radius 1 is 1.69 bits per heavy atom. The highest BCUT2D eigenvalue weighted by molar-refractivity contribution is 7.11. The zero-order chi connectivity index (χ0) is 9.84. The van der Waals surface area contributed by atoms with Crippen molar-refractivity contribution < 1.29 is 4.79 Å². The Morgan fingerprint density at radius 2 is 2.38 bits per heavy atom. The summed E-state index contributed by atoms with van der Waals surface area (Å²) >= 11 is 1.49. The van der Waals surface area contributed by atoms with E-state index in [4.69, 9.17) is 5.73 Å². The lowest BCUT2D eigenvalue weighted by atomic mass is 10.1. The van der Waals surface area contributed by atoms with Gasteiger partial charge in [0.1, 0.15) is 0 Å². The van der Waals surface area contributed by atoms with Crippen LogP contribution in [0.3, 0.4) is 0 Å². The molecule has 68 valence electrons. The minimum Gasteiger partial charge on any atom is -0.366 e. The second kappa shape index (κ2) is 4.05. The van der Waals surface area contributed by atoms with Crippen molar-refractivity contribution in [1.82, 2.24) is 0 Å². The SMILES string of the molecule is C=Cc1c(C(N)=O)csc1/C=C\C. The lowest BCUT2D eigenvalue weighted by molar-refractivity contribution is 0.100. The van der Waals surface area contributed by atoms with Gasteiger partial charge in [0.15, 0.2) is 0 Å². The van der Waals surface area contributed by atoms with E-state index < -0.39 is 5.91 Å². The molecule has 0 bridgehead atoms. The van der Waals surface area contributed by atoms with Crippen LogP contribution in [0.15, 0.2) is 18.0 Å². The van der Waals surface area contributed by atoms with Gasteiger partial charge in [-0.25, -0.2) is 0 Å². The van der Waals surface area contributed by atoms with Crippen LogP contribution in [0.1, 0.15) is 27.7 Å². The molecule has 0 aliphatic heterocycles. The van der Waals surface area contributed by atoms with Crippen molar-refractivity contribution in [3.05, 3.63) is 34.0 Å². The van der Waals surface area contributed by atoms with Gasteiger partial charge in [-0.1, -0.05) is 18.7 Å². The lowest BCUT2D eigenvalue weighted by Crippen LogP contribution is -2.10. The molecule has 0 aliphatic carbocycles. The molecule has 0 saturated heterocycles. The molecule has 1 heterocycles. The Hall–Kier alpha value is -1.35. The van der Waals surface area contributed by atoms with Crippen molar-refractivity contribution in [3.8, 4) is 0 Å². The van der Waals surface area contributed by atoms with E-state index in [1.165, 1.54) is 11.3 Å². The van der Waals surface area contributed by atoms with Gasteiger partial charge in [-0.2, -0.15) is 0 Å². The molecule has 0 unspecified atom stereocenters. The topological polar surface area (TPSA) is 43.1 Å². The normalized spacial score (nSPS) is 10.5.